The number of aromatic nitrogens is 1. The van der Waals surface area contributed by atoms with Crippen molar-refractivity contribution in [2.24, 2.45) is 0 Å². The van der Waals surface area contributed by atoms with Crippen LogP contribution in [0.1, 0.15) is 23.1 Å². The second-order valence-corrected chi connectivity index (χ2v) is 6.68. The van der Waals surface area contributed by atoms with E-state index >= 15 is 0 Å². The smallest absolute Gasteiger partial charge is 0.224 e. The SMILES string of the molecule is O=C(Cc1ccc2c(c1)CCC(=O)N2)NCCc1c[nH]c2ccccc12. The fraction of sp³-hybridized carbons (Fsp3) is 0.238. The number of hydrogen-bond donors (Lipinski definition) is 3. The van der Waals surface area contributed by atoms with E-state index in [1.165, 1.54) is 10.9 Å². The van der Waals surface area contributed by atoms with Gasteiger partial charge >= 0.3 is 0 Å². The van der Waals surface area contributed by atoms with Gasteiger partial charge in [0.2, 0.25) is 11.8 Å². The number of H-pyrrole nitrogens is 1. The van der Waals surface area contributed by atoms with E-state index < -0.39 is 0 Å². The van der Waals surface area contributed by atoms with Gasteiger partial charge in [0.15, 0.2) is 0 Å². The minimum absolute atomic E-state index is 0.0182. The number of nitrogens with one attached hydrogen (secondary N) is 3. The van der Waals surface area contributed by atoms with Crippen LogP contribution in [0.3, 0.4) is 0 Å². The molecule has 3 aromatic rings. The van der Waals surface area contributed by atoms with Gasteiger partial charge in [0, 0.05) is 35.8 Å². The Morgan fingerprint density at radius 1 is 1.12 bits per heavy atom. The normalized spacial score (nSPS) is 13.3. The molecule has 2 amide bonds. The maximum Gasteiger partial charge on any atom is 0.224 e. The molecule has 0 unspecified atom stereocenters. The molecule has 4 rings (SSSR count). The minimum atomic E-state index is 0.0182. The van der Waals surface area contributed by atoms with Crippen molar-refractivity contribution >= 4 is 28.4 Å². The zero-order valence-corrected chi connectivity index (χ0v) is 14.5. The van der Waals surface area contributed by atoms with Gasteiger partial charge < -0.3 is 15.6 Å². The Morgan fingerprint density at radius 2 is 2.00 bits per heavy atom. The maximum atomic E-state index is 12.2. The maximum absolute atomic E-state index is 12.2. The summed E-state index contributed by atoms with van der Waals surface area (Å²) in [6.07, 6.45) is 4.40. The highest BCUT2D eigenvalue weighted by Crippen LogP contribution is 2.23. The van der Waals surface area contributed by atoms with Crippen LogP contribution in [-0.4, -0.2) is 23.3 Å². The molecule has 2 heterocycles. The average Bonchev–Trinajstić information content (AvgIpc) is 3.05. The van der Waals surface area contributed by atoms with Gasteiger partial charge in [0.25, 0.3) is 0 Å². The zero-order chi connectivity index (χ0) is 17.9. The first-order chi connectivity index (χ1) is 12.7. The molecular formula is C21H21N3O2. The van der Waals surface area contributed by atoms with E-state index in [9.17, 15) is 9.59 Å². The number of carbonyl (C=O) groups is 2. The molecule has 3 N–H and O–H groups in total. The summed E-state index contributed by atoms with van der Waals surface area (Å²) < 4.78 is 0. The molecule has 0 atom stereocenters. The quantitative estimate of drug-likeness (QED) is 0.664. The minimum Gasteiger partial charge on any atom is -0.361 e. The summed E-state index contributed by atoms with van der Waals surface area (Å²) in [6, 6.07) is 14.0. The molecule has 1 aliphatic rings. The van der Waals surface area contributed by atoms with Crippen LogP contribution in [0.2, 0.25) is 0 Å². The van der Waals surface area contributed by atoms with Gasteiger partial charge in [0.05, 0.1) is 6.42 Å². The Labute approximate surface area is 151 Å². The molecule has 5 nitrogen and oxygen atoms in total. The van der Waals surface area contributed by atoms with E-state index in [-0.39, 0.29) is 11.8 Å². The lowest BCUT2D eigenvalue weighted by Crippen LogP contribution is -2.27. The number of anilines is 1. The van der Waals surface area contributed by atoms with Crippen molar-refractivity contribution in [3.63, 3.8) is 0 Å². The number of aromatic amines is 1. The van der Waals surface area contributed by atoms with Gasteiger partial charge in [-0.05, 0) is 41.7 Å². The fourth-order valence-corrected chi connectivity index (χ4v) is 3.47. The second-order valence-electron chi connectivity index (χ2n) is 6.68. The monoisotopic (exact) mass is 347 g/mol. The summed E-state index contributed by atoms with van der Waals surface area (Å²) in [7, 11) is 0. The molecule has 0 aliphatic carbocycles. The Morgan fingerprint density at radius 3 is 2.92 bits per heavy atom. The first-order valence-electron chi connectivity index (χ1n) is 8.92. The summed E-state index contributed by atoms with van der Waals surface area (Å²) in [4.78, 5) is 26.9. The summed E-state index contributed by atoms with van der Waals surface area (Å²) in [6.45, 7) is 0.613. The molecule has 0 radical (unpaired) electrons. The number of rotatable bonds is 5. The number of hydrogen-bond acceptors (Lipinski definition) is 2. The highest BCUT2D eigenvalue weighted by atomic mass is 16.2. The Bertz CT molecular complexity index is 974. The van der Waals surface area contributed by atoms with Crippen molar-refractivity contribution in [3.05, 3.63) is 65.4 Å². The molecule has 0 spiro atoms. The third-order valence-electron chi connectivity index (χ3n) is 4.82. The van der Waals surface area contributed by atoms with Crippen LogP contribution in [0.5, 0.6) is 0 Å². The van der Waals surface area contributed by atoms with Crippen molar-refractivity contribution < 1.29 is 9.59 Å². The summed E-state index contributed by atoms with van der Waals surface area (Å²) >= 11 is 0. The lowest BCUT2D eigenvalue weighted by atomic mass is 9.99. The molecule has 1 aromatic heterocycles. The predicted octanol–water partition coefficient (Wildman–Crippen LogP) is 2.95. The first kappa shape index (κ1) is 16.4. The Kier molecular flexibility index (Phi) is 4.44. The largest absolute Gasteiger partial charge is 0.361 e. The number of carbonyl (C=O) groups excluding carboxylic acids is 2. The lowest BCUT2D eigenvalue weighted by molar-refractivity contribution is -0.120. The molecule has 2 aromatic carbocycles. The van der Waals surface area contributed by atoms with E-state index in [0.29, 0.717) is 19.4 Å². The second kappa shape index (κ2) is 7.04. The molecule has 5 heteroatoms. The van der Waals surface area contributed by atoms with Crippen LogP contribution >= 0.6 is 0 Å². The summed E-state index contributed by atoms with van der Waals surface area (Å²) in [5, 5.41) is 7.07. The number of fused-ring (bicyclic) bond motifs is 2. The third kappa shape index (κ3) is 3.47. The summed E-state index contributed by atoms with van der Waals surface area (Å²) in [5.74, 6) is 0.0740. The molecule has 0 bridgehead atoms. The predicted molar refractivity (Wildman–Crippen MR) is 102 cm³/mol. The Hall–Kier alpha value is -3.08. The van der Waals surface area contributed by atoms with E-state index in [4.69, 9.17) is 0 Å². The zero-order valence-electron chi connectivity index (χ0n) is 14.5. The number of benzene rings is 2. The molecule has 1 aliphatic heterocycles. The van der Waals surface area contributed by atoms with Crippen molar-refractivity contribution in [2.75, 3.05) is 11.9 Å². The van der Waals surface area contributed by atoms with Crippen LogP contribution in [0.25, 0.3) is 10.9 Å². The van der Waals surface area contributed by atoms with Gasteiger partial charge in [-0.1, -0.05) is 30.3 Å². The number of para-hydroxylation sites is 1. The van der Waals surface area contributed by atoms with Crippen LogP contribution in [0.15, 0.2) is 48.7 Å². The van der Waals surface area contributed by atoms with Gasteiger partial charge in [-0.15, -0.1) is 0 Å². The number of amides is 2. The van der Waals surface area contributed by atoms with Crippen LogP contribution in [0.4, 0.5) is 5.69 Å². The average molecular weight is 347 g/mol. The van der Waals surface area contributed by atoms with E-state index in [1.807, 2.05) is 36.5 Å². The molecule has 132 valence electrons. The molecule has 26 heavy (non-hydrogen) atoms. The highest BCUT2D eigenvalue weighted by molar-refractivity contribution is 5.94. The van der Waals surface area contributed by atoms with Crippen molar-refractivity contribution in [2.45, 2.75) is 25.7 Å². The van der Waals surface area contributed by atoms with E-state index in [2.05, 4.69) is 27.8 Å². The van der Waals surface area contributed by atoms with Crippen molar-refractivity contribution in [1.82, 2.24) is 10.3 Å². The highest BCUT2D eigenvalue weighted by Gasteiger charge is 2.15. The van der Waals surface area contributed by atoms with Gasteiger partial charge in [0.1, 0.15) is 0 Å². The summed E-state index contributed by atoms with van der Waals surface area (Å²) in [5.41, 5.74) is 5.28. The molecule has 0 saturated heterocycles. The van der Waals surface area contributed by atoms with Gasteiger partial charge in [-0.3, -0.25) is 9.59 Å². The van der Waals surface area contributed by atoms with Crippen molar-refractivity contribution in [1.29, 1.82) is 0 Å². The van der Waals surface area contributed by atoms with Gasteiger partial charge in [-0.2, -0.15) is 0 Å². The van der Waals surface area contributed by atoms with E-state index in [0.717, 1.165) is 35.2 Å². The third-order valence-corrected chi connectivity index (χ3v) is 4.82. The Balaban J connectivity index is 1.32. The van der Waals surface area contributed by atoms with E-state index in [1.54, 1.807) is 0 Å². The molecule has 0 fully saturated rings. The van der Waals surface area contributed by atoms with Gasteiger partial charge in [-0.25, -0.2) is 0 Å². The fourth-order valence-electron chi connectivity index (χ4n) is 3.47. The van der Waals surface area contributed by atoms with Crippen LogP contribution in [0, 0.1) is 0 Å². The number of aryl methyl sites for hydroxylation is 1. The topological polar surface area (TPSA) is 74.0 Å². The lowest BCUT2D eigenvalue weighted by Gasteiger charge is -2.17. The van der Waals surface area contributed by atoms with Crippen molar-refractivity contribution in [3.8, 4) is 0 Å². The standard InChI is InChI=1S/C21H21N3O2/c25-20-8-6-15-11-14(5-7-18(15)24-20)12-21(26)22-10-9-16-13-23-19-4-2-1-3-17(16)19/h1-5,7,11,13,23H,6,8-10,12H2,(H,22,26)(H,24,25). The first-order valence-corrected chi connectivity index (χ1v) is 8.92. The van der Waals surface area contributed by atoms with Crippen LogP contribution in [-0.2, 0) is 28.9 Å². The van der Waals surface area contributed by atoms with Crippen LogP contribution < -0.4 is 10.6 Å². The molecule has 0 saturated carbocycles. The molecular weight excluding hydrogens is 326 g/mol.